The van der Waals surface area contributed by atoms with Gasteiger partial charge in [0.25, 0.3) is 0 Å². The van der Waals surface area contributed by atoms with Crippen LogP contribution in [0, 0.1) is 22.7 Å². The summed E-state index contributed by atoms with van der Waals surface area (Å²) in [5, 5.41) is 23.5. The van der Waals surface area contributed by atoms with Gasteiger partial charge in [0.05, 0.1) is 33.8 Å². The molecule has 0 spiro atoms. The molecule has 6 nitrogen and oxygen atoms in total. The second-order valence-corrected chi connectivity index (χ2v) is 14.2. The van der Waals surface area contributed by atoms with Gasteiger partial charge in [0.2, 0.25) is 0 Å². The summed E-state index contributed by atoms with van der Waals surface area (Å²) in [5.41, 5.74) is 7.73. The minimum absolute atomic E-state index is 0.0243. The van der Waals surface area contributed by atoms with E-state index in [9.17, 15) is 10.5 Å². The van der Waals surface area contributed by atoms with Crippen molar-refractivity contribution < 1.29 is 0 Å². The molecular weight excluding hydrogens is 653 g/mol. The van der Waals surface area contributed by atoms with Crippen LogP contribution in [0.3, 0.4) is 0 Å². The fraction of sp³-hybridized carbons (Fsp3) is 0. The first kappa shape index (κ1) is 28.7. The van der Waals surface area contributed by atoms with Gasteiger partial charge in [-0.05, 0) is 83.6 Å². The molecule has 232 valence electrons. The van der Waals surface area contributed by atoms with Gasteiger partial charge in [-0.15, -0.1) is 0 Å². The molecule has 0 atom stereocenters. The Kier molecular flexibility index (Phi) is 6.37. The Balaban J connectivity index is 1.29. The largest absolute Gasteiger partial charge is 0.308 e. The van der Waals surface area contributed by atoms with E-state index in [0.717, 1.165) is 55.7 Å². The van der Waals surface area contributed by atoms with Crippen LogP contribution < -0.4 is 9.80 Å². The first-order chi connectivity index (χ1) is 24.7. The number of nitrogens with zero attached hydrogens (tertiary/aromatic N) is 6. The van der Waals surface area contributed by atoms with Crippen LogP contribution in [0.2, 0.25) is 0 Å². The molecule has 7 aromatic carbocycles. The van der Waals surface area contributed by atoms with Gasteiger partial charge in [-0.1, -0.05) is 84.2 Å². The third-order valence-corrected chi connectivity index (χ3v) is 11.6. The van der Waals surface area contributed by atoms with E-state index in [1.165, 1.54) is 19.6 Å². The molecule has 0 N–H and O–H groups in total. The van der Waals surface area contributed by atoms with Crippen LogP contribution in [0.1, 0.15) is 11.4 Å². The van der Waals surface area contributed by atoms with Crippen molar-refractivity contribution in [3.63, 3.8) is 0 Å². The van der Waals surface area contributed by atoms with E-state index < -0.39 is 0 Å². The molecule has 0 saturated carbocycles. The zero-order valence-electron chi connectivity index (χ0n) is 26.2. The Morgan fingerprint density at radius 2 is 0.760 bits per heavy atom. The molecule has 50 heavy (non-hydrogen) atoms. The van der Waals surface area contributed by atoms with Crippen molar-refractivity contribution >= 4 is 90.2 Å². The molecule has 1 aromatic heterocycles. The number of hydrogen-bond donors (Lipinski definition) is 0. The summed E-state index contributed by atoms with van der Waals surface area (Å²) in [6.07, 6.45) is 0. The van der Waals surface area contributed by atoms with E-state index in [2.05, 4.69) is 155 Å². The molecule has 8 heteroatoms. The van der Waals surface area contributed by atoms with E-state index >= 15 is 0 Å². The second kappa shape index (κ2) is 11.1. The molecule has 0 aliphatic carbocycles. The number of nitriles is 2. The van der Waals surface area contributed by atoms with Gasteiger partial charge in [0.1, 0.15) is 12.1 Å². The summed E-state index contributed by atoms with van der Waals surface area (Å²) in [6.45, 7) is 0. The van der Waals surface area contributed by atoms with Crippen LogP contribution in [0.15, 0.2) is 153 Å². The van der Waals surface area contributed by atoms with E-state index in [-0.39, 0.29) is 11.4 Å². The lowest BCUT2D eigenvalue weighted by Gasteiger charge is -2.33. The summed E-state index contributed by atoms with van der Waals surface area (Å²) < 4.78 is 0. The molecule has 0 bridgehead atoms. The van der Waals surface area contributed by atoms with Crippen molar-refractivity contribution in [3.8, 4) is 12.1 Å². The molecule has 0 saturated heterocycles. The van der Waals surface area contributed by atoms with Crippen LogP contribution in [0.5, 0.6) is 0 Å². The van der Waals surface area contributed by atoms with Crippen LogP contribution in [0.4, 0.5) is 34.1 Å². The maximum absolute atomic E-state index is 9.92. The Morgan fingerprint density at radius 3 is 1.10 bits per heavy atom. The zero-order valence-corrected chi connectivity index (χ0v) is 27.8. The fourth-order valence-corrected chi connectivity index (χ4v) is 9.25. The van der Waals surface area contributed by atoms with Crippen LogP contribution >= 0.6 is 23.5 Å². The van der Waals surface area contributed by atoms with Gasteiger partial charge in [-0.2, -0.15) is 10.5 Å². The fourth-order valence-electron chi connectivity index (χ4n) is 7.13. The highest BCUT2D eigenvalue weighted by atomic mass is 32.2. The zero-order chi connectivity index (χ0) is 33.3. The Hall–Kier alpha value is -6.32. The van der Waals surface area contributed by atoms with Gasteiger partial charge in [0, 0.05) is 41.7 Å². The minimum Gasteiger partial charge on any atom is -0.308 e. The highest BCUT2D eigenvalue weighted by Crippen LogP contribution is 2.53. The summed E-state index contributed by atoms with van der Waals surface area (Å²) in [5.74, 6) is 0. The average molecular weight is 675 g/mol. The number of anilines is 6. The van der Waals surface area contributed by atoms with Gasteiger partial charge in [-0.25, -0.2) is 9.97 Å². The van der Waals surface area contributed by atoms with Crippen molar-refractivity contribution in [2.75, 3.05) is 9.80 Å². The van der Waals surface area contributed by atoms with Crippen LogP contribution in [-0.2, 0) is 0 Å². The SMILES string of the molecule is N#Cc1nc2c3ccc(N4c5ccccc5Sc5ccccc54)cc3c3cc(N4c5ccccc5Sc5ccccc54)ccc3c2nc1C#N. The van der Waals surface area contributed by atoms with Gasteiger partial charge < -0.3 is 9.80 Å². The summed E-state index contributed by atoms with van der Waals surface area (Å²) >= 11 is 3.56. The number of benzene rings is 7. The smallest absolute Gasteiger partial charge is 0.177 e. The maximum Gasteiger partial charge on any atom is 0.177 e. The third-order valence-electron chi connectivity index (χ3n) is 9.30. The lowest BCUT2D eigenvalue weighted by molar-refractivity contribution is 1.17. The summed E-state index contributed by atoms with van der Waals surface area (Å²) in [4.78, 5) is 18.9. The molecule has 3 heterocycles. The predicted octanol–water partition coefficient (Wildman–Crippen LogP) is 11.5. The van der Waals surface area contributed by atoms with Crippen molar-refractivity contribution in [3.05, 3.63) is 145 Å². The minimum atomic E-state index is 0.0243. The van der Waals surface area contributed by atoms with Gasteiger partial charge >= 0.3 is 0 Å². The molecule has 8 aromatic rings. The lowest BCUT2D eigenvalue weighted by Crippen LogP contribution is -2.15. The van der Waals surface area contributed by atoms with E-state index in [0.29, 0.717) is 11.0 Å². The standard InChI is InChI=1S/C42H22N6S2/c43-23-31-32(24-44)46-42-28-20-18-26(48-35-11-3-7-15-39(35)50-40-16-8-4-12-36(40)48)22-30(28)29-21-25(17-19-27(29)41(42)45-31)47-33-9-1-5-13-37(33)49-38-14-6-2-10-34(38)47/h1-22H. The number of hydrogen-bond acceptors (Lipinski definition) is 8. The molecule has 0 radical (unpaired) electrons. The van der Waals surface area contributed by atoms with Crippen molar-refractivity contribution in [2.24, 2.45) is 0 Å². The van der Waals surface area contributed by atoms with Crippen molar-refractivity contribution in [2.45, 2.75) is 19.6 Å². The Bertz CT molecular complexity index is 2550. The second-order valence-electron chi connectivity index (χ2n) is 12.0. The topological polar surface area (TPSA) is 79.8 Å². The number of para-hydroxylation sites is 4. The van der Waals surface area contributed by atoms with Crippen molar-refractivity contribution in [1.82, 2.24) is 9.97 Å². The normalized spacial score (nSPS) is 12.9. The third kappa shape index (κ3) is 4.23. The molecule has 10 rings (SSSR count). The Morgan fingerprint density at radius 1 is 0.420 bits per heavy atom. The molecule has 2 aliphatic rings. The predicted molar refractivity (Wildman–Crippen MR) is 202 cm³/mol. The van der Waals surface area contributed by atoms with Gasteiger partial charge in [0.15, 0.2) is 11.4 Å². The van der Waals surface area contributed by atoms with Crippen molar-refractivity contribution in [1.29, 1.82) is 10.5 Å². The molecular formula is C42H22N6S2. The first-order valence-corrected chi connectivity index (χ1v) is 17.7. The molecule has 2 aliphatic heterocycles. The number of aromatic nitrogens is 2. The highest BCUT2D eigenvalue weighted by molar-refractivity contribution is 8.00. The summed E-state index contributed by atoms with van der Waals surface area (Å²) in [7, 11) is 0. The van der Waals surface area contributed by atoms with Crippen LogP contribution in [-0.4, -0.2) is 9.97 Å². The molecule has 0 amide bonds. The van der Waals surface area contributed by atoms with Crippen LogP contribution in [0.25, 0.3) is 32.6 Å². The quantitative estimate of drug-likeness (QED) is 0.168. The van der Waals surface area contributed by atoms with Gasteiger partial charge in [-0.3, -0.25) is 0 Å². The molecule has 0 unspecified atom stereocenters. The maximum atomic E-state index is 9.92. The number of fused-ring (bicyclic) bond motifs is 10. The van der Waals surface area contributed by atoms with E-state index in [1.54, 1.807) is 23.5 Å². The Labute approximate surface area is 295 Å². The van der Waals surface area contributed by atoms with E-state index in [1.807, 2.05) is 0 Å². The highest BCUT2D eigenvalue weighted by Gasteiger charge is 2.27. The molecule has 0 fully saturated rings. The average Bonchev–Trinajstić information content (AvgIpc) is 3.18. The first-order valence-electron chi connectivity index (χ1n) is 16.0. The number of rotatable bonds is 2. The van der Waals surface area contributed by atoms with E-state index in [4.69, 9.17) is 9.97 Å². The lowest BCUT2D eigenvalue weighted by atomic mass is 9.97. The monoisotopic (exact) mass is 674 g/mol. The summed E-state index contributed by atoms with van der Waals surface area (Å²) in [6, 6.07) is 51.0.